The molecule has 6 nitrogen and oxygen atoms in total. The van der Waals surface area contributed by atoms with E-state index in [2.05, 4.69) is 0 Å². The van der Waals surface area contributed by atoms with Crippen molar-refractivity contribution in [3.05, 3.63) is 110 Å². The fraction of sp³-hybridized carbons (Fsp3) is 0.107. The standard InChI is InChI=1S/C28H18O6/c1-14-11-17-21(19(12-14)32-13-16-8-4-3-5-9-16)25(30)27-22(24(17)29)23-26(34-27)20-15(2)7-6-10-18(20)33-28(23)31/h3-12H,13H2,1-2H3. The Morgan fingerprint density at radius 2 is 1.59 bits per heavy atom. The number of carbonyl (C=O) groups excluding carboxylic acids is 2. The minimum Gasteiger partial charge on any atom is -0.488 e. The van der Waals surface area contributed by atoms with Gasteiger partial charge in [-0.25, -0.2) is 4.79 Å². The summed E-state index contributed by atoms with van der Waals surface area (Å²) in [5.41, 5.74) is 2.58. The second-order valence-electron chi connectivity index (χ2n) is 8.47. The Kier molecular flexibility index (Phi) is 4.32. The first-order valence-corrected chi connectivity index (χ1v) is 10.8. The quantitative estimate of drug-likeness (QED) is 0.331. The molecule has 2 aromatic heterocycles. The van der Waals surface area contributed by atoms with Crippen molar-refractivity contribution in [2.24, 2.45) is 0 Å². The molecule has 0 unspecified atom stereocenters. The molecule has 34 heavy (non-hydrogen) atoms. The van der Waals surface area contributed by atoms with Gasteiger partial charge < -0.3 is 13.6 Å². The lowest BCUT2D eigenvalue weighted by Crippen LogP contribution is -2.22. The van der Waals surface area contributed by atoms with E-state index in [0.717, 1.165) is 16.7 Å². The summed E-state index contributed by atoms with van der Waals surface area (Å²) >= 11 is 0. The van der Waals surface area contributed by atoms with Crippen molar-refractivity contribution < 1.29 is 23.2 Å². The van der Waals surface area contributed by atoms with E-state index in [1.807, 2.05) is 50.2 Å². The second-order valence-corrected chi connectivity index (χ2v) is 8.47. The molecular weight excluding hydrogens is 432 g/mol. The molecule has 0 N–H and O–H groups in total. The molecule has 3 aromatic carbocycles. The summed E-state index contributed by atoms with van der Waals surface area (Å²) in [6.07, 6.45) is 0. The molecule has 0 saturated heterocycles. The number of hydrogen-bond donors (Lipinski definition) is 0. The molecule has 0 fully saturated rings. The summed E-state index contributed by atoms with van der Waals surface area (Å²) in [5, 5.41) is 0.557. The Balaban J connectivity index is 1.57. The highest BCUT2D eigenvalue weighted by atomic mass is 16.5. The zero-order valence-electron chi connectivity index (χ0n) is 18.4. The molecule has 0 aliphatic heterocycles. The van der Waals surface area contributed by atoms with Crippen LogP contribution in [0.1, 0.15) is 48.7 Å². The molecule has 2 heterocycles. The number of carbonyl (C=O) groups is 2. The van der Waals surface area contributed by atoms with Gasteiger partial charge in [0.15, 0.2) is 17.1 Å². The molecule has 6 heteroatoms. The summed E-state index contributed by atoms with van der Waals surface area (Å²) in [6.45, 7) is 3.90. The lowest BCUT2D eigenvalue weighted by atomic mass is 9.85. The first kappa shape index (κ1) is 20.2. The van der Waals surface area contributed by atoms with Gasteiger partial charge in [-0.2, -0.15) is 0 Å². The molecular formula is C28H18O6. The highest BCUT2D eigenvalue weighted by molar-refractivity contribution is 6.33. The molecule has 0 amide bonds. The van der Waals surface area contributed by atoms with Gasteiger partial charge in [-0.3, -0.25) is 9.59 Å². The minimum atomic E-state index is -0.712. The first-order chi connectivity index (χ1) is 16.4. The Morgan fingerprint density at radius 3 is 2.38 bits per heavy atom. The normalized spacial score (nSPS) is 12.8. The van der Waals surface area contributed by atoms with E-state index >= 15 is 0 Å². The number of hydrogen-bond acceptors (Lipinski definition) is 6. The molecule has 6 rings (SSSR count). The van der Waals surface area contributed by atoms with Gasteiger partial charge in [0.2, 0.25) is 5.78 Å². The van der Waals surface area contributed by atoms with Crippen LogP contribution >= 0.6 is 0 Å². The van der Waals surface area contributed by atoms with Crippen LogP contribution in [0, 0.1) is 13.8 Å². The Hall–Kier alpha value is -4.45. The largest absolute Gasteiger partial charge is 0.488 e. The monoisotopic (exact) mass is 450 g/mol. The molecule has 166 valence electrons. The second kappa shape index (κ2) is 7.28. The molecule has 0 saturated carbocycles. The van der Waals surface area contributed by atoms with E-state index in [1.54, 1.807) is 24.3 Å². The van der Waals surface area contributed by atoms with Crippen molar-refractivity contribution in [3.8, 4) is 5.75 Å². The maximum atomic E-state index is 13.6. The van der Waals surface area contributed by atoms with Crippen LogP contribution in [0.4, 0.5) is 0 Å². The third kappa shape index (κ3) is 2.85. The van der Waals surface area contributed by atoms with Gasteiger partial charge in [0.1, 0.15) is 23.3 Å². The summed E-state index contributed by atoms with van der Waals surface area (Å²) in [5.74, 6) is -0.817. The summed E-state index contributed by atoms with van der Waals surface area (Å²) in [6, 6.07) is 18.2. The van der Waals surface area contributed by atoms with Crippen molar-refractivity contribution in [2.75, 3.05) is 0 Å². The van der Waals surface area contributed by atoms with Gasteiger partial charge in [0.05, 0.1) is 16.5 Å². The highest BCUT2D eigenvalue weighted by Gasteiger charge is 2.39. The van der Waals surface area contributed by atoms with E-state index in [4.69, 9.17) is 13.6 Å². The fourth-order valence-corrected chi connectivity index (χ4v) is 4.61. The molecule has 0 spiro atoms. The maximum absolute atomic E-state index is 13.6. The number of ether oxygens (including phenoxy) is 1. The molecule has 0 radical (unpaired) electrons. The average molecular weight is 450 g/mol. The van der Waals surface area contributed by atoms with Crippen molar-refractivity contribution in [1.82, 2.24) is 0 Å². The van der Waals surface area contributed by atoms with Crippen molar-refractivity contribution in [3.63, 3.8) is 0 Å². The van der Waals surface area contributed by atoms with E-state index in [1.165, 1.54) is 0 Å². The topological polar surface area (TPSA) is 86.7 Å². The van der Waals surface area contributed by atoms with E-state index in [0.29, 0.717) is 16.7 Å². The van der Waals surface area contributed by atoms with Crippen LogP contribution in [-0.2, 0) is 6.61 Å². The maximum Gasteiger partial charge on any atom is 0.348 e. The molecule has 5 aromatic rings. The third-order valence-corrected chi connectivity index (χ3v) is 6.17. The lowest BCUT2D eigenvalue weighted by Gasteiger charge is -2.18. The zero-order chi connectivity index (χ0) is 23.6. The van der Waals surface area contributed by atoms with Crippen LogP contribution in [0.2, 0.25) is 0 Å². The number of ketones is 2. The van der Waals surface area contributed by atoms with Crippen LogP contribution in [0.3, 0.4) is 0 Å². The number of fused-ring (bicyclic) bond motifs is 6. The van der Waals surface area contributed by atoms with Gasteiger partial charge in [0.25, 0.3) is 0 Å². The molecule has 0 atom stereocenters. The Morgan fingerprint density at radius 1 is 0.794 bits per heavy atom. The van der Waals surface area contributed by atoms with Crippen LogP contribution in [0.15, 0.2) is 74.3 Å². The van der Waals surface area contributed by atoms with Crippen LogP contribution in [0.5, 0.6) is 5.75 Å². The Bertz CT molecular complexity index is 1720. The van der Waals surface area contributed by atoms with Crippen LogP contribution in [0.25, 0.3) is 21.9 Å². The minimum absolute atomic E-state index is 0.00550. The Labute approximate surface area is 193 Å². The number of furan rings is 1. The first-order valence-electron chi connectivity index (χ1n) is 10.8. The number of aryl methyl sites for hydroxylation is 2. The van der Waals surface area contributed by atoms with Gasteiger partial charge in [-0.05, 0) is 48.7 Å². The van der Waals surface area contributed by atoms with E-state index in [9.17, 15) is 14.4 Å². The van der Waals surface area contributed by atoms with Crippen molar-refractivity contribution in [1.29, 1.82) is 0 Å². The average Bonchev–Trinajstić information content (AvgIpc) is 3.23. The summed E-state index contributed by atoms with van der Waals surface area (Å²) in [4.78, 5) is 40.2. The zero-order valence-corrected chi connectivity index (χ0v) is 18.4. The van der Waals surface area contributed by atoms with Crippen LogP contribution in [-0.4, -0.2) is 11.6 Å². The van der Waals surface area contributed by atoms with E-state index in [-0.39, 0.29) is 40.0 Å². The predicted molar refractivity (Wildman–Crippen MR) is 126 cm³/mol. The van der Waals surface area contributed by atoms with Crippen LogP contribution < -0.4 is 10.4 Å². The smallest absolute Gasteiger partial charge is 0.348 e. The van der Waals surface area contributed by atoms with Crippen molar-refractivity contribution in [2.45, 2.75) is 20.5 Å². The number of benzene rings is 3. The number of rotatable bonds is 3. The molecule has 1 aliphatic carbocycles. The highest BCUT2D eigenvalue weighted by Crippen LogP contribution is 2.40. The summed E-state index contributed by atoms with van der Waals surface area (Å²) in [7, 11) is 0. The fourth-order valence-electron chi connectivity index (χ4n) is 4.61. The third-order valence-electron chi connectivity index (χ3n) is 6.17. The summed E-state index contributed by atoms with van der Waals surface area (Å²) < 4.78 is 17.4. The van der Waals surface area contributed by atoms with Gasteiger partial charge in [-0.15, -0.1) is 0 Å². The van der Waals surface area contributed by atoms with E-state index < -0.39 is 17.2 Å². The van der Waals surface area contributed by atoms with Gasteiger partial charge >= 0.3 is 5.63 Å². The van der Waals surface area contributed by atoms with Crippen molar-refractivity contribution >= 4 is 33.5 Å². The lowest BCUT2D eigenvalue weighted by molar-refractivity contribution is 0.0958. The molecule has 0 bridgehead atoms. The SMILES string of the molecule is Cc1cc(OCc2ccccc2)c2c(c1)C(=O)c1c(oc3c1c(=O)oc1cccc(C)c13)C2=O. The molecule has 1 aliphatic rings. The predicted octanol–water partition coefficient (Wildman–Crippen LogP) is 5.51. The van der Waals surface area contributed by atoms with Gasteiger partial charge in [0, 0.05) is 5.56 Å². The van der Waals surface area contributed by atoms with Gasteiger partial charge in [-0.1, -0.05) is 42.5 Å².